The fourth-order valence-corrected chi connectivity index (χ4v) is 3.98. The molecule has 28 heavy (non-hydrogen) atoms. The molecule has 0 radical (unpaired) electrons. The molecular formula is C20H18ClFN4OS. The van der Waals surface area contributed by atoms with Crippen LogP contribution in [0.15, 0.2) is 53.7 Å². The van der Waals surface area contributed by atoms with Gasteiger partial charge >= 0.3 is 0 Å². The average Bonchev–Trinajstić information content (AvgIpc) is 3.43. The van der Waals surface area contributed by atoms with Gasteiger partial charge in [-0.15, -0.1) is 10.2 Å². The Morgan fingerprint density at radius 1 is 1.25 bits per heavy atom. The smallest absolute Gasteiger partial charge is 0.237 e. The topological polar surface area (TPSA) is 59.8 Å². The van der Waals surface area contributed by atoms with Gasteiger partial charge in [0.2, 0.25) is 5.91 Å². The van der Waals surface area contributed by atoms with Crippen molar-refractivity contribution in [3.8, 4) is 11.4 Å². The van der Waals surface area contributed by atoms with Crippen LogP contribution in [0.4, 0.5) is 10.1 Å². The molecule has 0 unspecified atom stereocenters. The molecule has 1 aromatic heterocycles. The first-order valence-electron chi connectivity index (χ1n) is 8.96. The van der Waals surface area contributed by atoms with Gasteiger partial charge in [-0.2, -0.15) is 0 Å². The Kier molecular flexibility index (Phi) is 5.37. The van der Waals surface area contributed by atoms with Gasteiger partial charge in [0.05, 0.1) is 10.8 Å². The van der Waals surface area contributed by atoms with Gasteiger partial charge in [-0.3, -0.25) is 9.36 Å². The van der Waals surface area contributed by atoms with Gasteiger partial charge in [0.15, 0.2) is 11.0 Å². The summed E-state index contributed by atoms with van der Waals surface area (Å²) in [5.41, 5.74) is 1.06. The number of hydrogen-bond donors (Lipinski definition) is 1. The van der Waals surface area contributed by atoms with E-state index in [9.17, 15) is 9.18 Å². The lowest BCUT2D eigenvalue weighted by Gasteiger charge is -2.13. The maximum atomic E-state index is 14.3. The highest BCUT2D eigenvalue weighted by molar-refractivity contribution is 8.00. The Labute approximate surface area is 171 Å². The molecule has 0 bridgehead atoms. The molecule has 4 rings (SSSR count). The Hall–Kier alpha value is -2.38. The number of anilines is 1. The number of halogens is 2. The quantitative estimate of drug-likeness (QED) is 0.561. The number of benzene rings is 2. The van der Waals surface area contributed by atoms with E-state index in [1.54, 1.807) is 49.4 Å². The van der Waals surface area contributed by atoms with Crippen molar-refractivity contribution in [2.24, 2.45) is 0 Å². The van der Waals surface area contributed by atoms with Crippen molar-refractivity contribution in [2.75, 3.05) is 5.32 Å². The number of rotatable bonds is 6. The third kappa shape index (κ3) is 4.05. The van der Waals surface area contributed by atoms with Crippen molar-refractivity contribution in [1.29, 1.82) is 0 Å². The van der Waals surface area contributed by atoms with Crippen LogP contribution < -0.4 is 5.32 Å². The van der Waals surface area contributed by atoms with Crippen LogP contribution in [0.3, 0.4) is 0 Å². The van der Waals surface area contributed by atoms with Crippen LogP contribution in [-0.2, 0) is 4.79 Å². The number of carbonyl (C=O) groups is 1. The van der Waals surface area contributed by atoms with Crippen LogP contribution in [0.1, 0.15) is 25.8 Å². The Bertz CT molecular complexity index is 1020. The van der Waals surface area contributed by atoms with Crippen molar-refractivity contribution in [3.63, 3.8) is 0 Å². The molecule has 8 heteroatoms. The highest BCUT2D eigenvalue weighted by Crippen LogP contribution is 2.42. The average molecular weight is 417 g/mol. The maximum Gasteiger partial charge on any atom is 0.237 e. The molecule has 1 heterocycles. The standard InChI is InChI=1S/C20H18ClFN4OS/c1-12(19(27)23-14-6-4-5-13(21)11-14)28-20-25-24-18(26(20)15-9-10-15)16-7-2-3-8-17(16)22/h2-8,11-12,15H,9-10H2,1H3,(H,23,27)/t12-/m1/s1. The molecule has 1 aliphatic rings. The van der Waals surface area contributed by atoms with Crippen LogP contribution in [0, 0.1) is 5.82 Å². The van der Waals surface area contributed by atoms with Crippen molar-refractivity contribution in [2.45, 2.75) is 36.2 Å². The summed E-state index contributed by atoms with van der Waals surface area (Å²) in [5.74, 6) is 0.00991. The summed E-state index contributed by atoms with van der Waals surface area (Å²) in [6, 6.07) is 13.8. The van der Waals surface area contributed by atoms with E-state index in [4.69, 9.17) is 11.6 Å². The zero-order valence-corrected chi connectivity index (χ0v) is 16.7. The molecule has 3 aromatic rings. The molecule has 0 saturated heterocycles. The summed E-state index contributed by atoms with van der Waals surface area (Å²) in [7, 11) is 0. The fraction of sp³-hybridized carbons (Fsp3) is 0.250. The molecule has 1 N–H and O–H groups in total. The van der Waals surface area contributed by atoms with Gasteiger partial charge < -0.3 is 5.32 Å². The van der Waals surface area contributed by atoms with E-state index >= 15 is 0 Å². The van der Waals surface area contributed by atoms with Crippen LogP contribution in [0.5, 0.6) is 0 Å². The zero-order chi connectivity index (χ0) is 19.7. The van der Waals surface area contributed by atoms with Gasteiger partial charge in [-0.05, 0) is 50.1 Å². The summed E-state index contributed by atoms with van der Waals surface area (Å²) in [4.78, 5) is 12.6. The number of hydrogen-bond acceptors (Lipinski definition) is 4. The summed E-state index contributed by atoms with van der Waals surface area (Å²) in [6.07, 6.45) is 1.99. The third-order valence-electron chi connectivity index (χ3n) is 4.43. The van der Waals surface area contributed by atoms with Crippen LogP contribution >= 0.6 is 23.4 Å². The molecular weight excluding hydrogens is 399 g/mol. The minimum Gasteiger partial charge on any atom is -0.325 e. The monoisotopic (exact) mass is 416 g/mol. The summed E-state index contributed by atoms with van der Waals surface area (Å²) in [5, 5.41) is 12.1. The number of nitrogens with one attached hydrogen (secondary N) is 1. The Morgan fingerprint density at radius 3 is 2.75 bits per heavy atom. The fourth-order valence-electron chi connectivity index (χ4n) is 2.87. The molecule has 0 spiro atoms. The second kappa shape index (κ2) is 7.93. The predicted octanol–water partition coefficient (Wildman–Crippen LogP) is 5.19. The highest BCUT2D eigenvalue weighted by Gasteiger charge is 2.32. The summed E-state index contributed by atoms with van der Waals surface area (Å²) in [6.45, 7) is 1.80. The number of thioether (sulfide) groups is 1. The molecule has 1 saturated carbocycles. The number of carbonyl (C=O) groups excluding carboxylic acids is 1. The maximum absolute atomic E-state index is 14.3. The largest absolute Gasteiger partial charge is 0.325 e. The van der Waals surface area contributed by atoms with E-state index in [0.29, 0.717) is 27.3 Å². The summed E-state index contributed by atoms with van der Waals surface area (Å²) < 4.78 is 16.2. The minimum atomic E-state index is -0.408. The lowest BCUT2D eigenvalue weighted by Crippen LogP contribution is -2.23. The molecule has 1 amide bonds. The van der Waals surface area contributed by atoms with Crippen LogP contribution in [-0.4, -0.2) is 25.9 Å². The van der Waals surface area contributed by atoms with E-state index in [-0.39, 0.29) is 17.8 Å². The Morgan fingerprint density at radius 2 is 2.04 bits per heavy atom. The van der Waals surface area contributed by atoms with Crippen molar-refractivity contribution < 1.29 is 9.18 Å². The molecule has 144 valence electrons. The van der Waals surface area contributed by atoms with Crippen molar-refractivity contribution >= 4 is 35.0 Å². The van der Waals surface area contributed by atoms with Gasteiger partial charge in [-0.1, -0.05) is 41.6 Å². The van der Waals surface area contributed by atoms with Crippen molar-refractivity contribution in [3.05, 3.63) is 59.4 Å². The first kappa shape index (κ1) is 19.0. The van der Waals surface area contributed by atoms with Gasteiger partial charge in [0.25, 0.3) is 0 Å². The second-order valence-electron chi connectivity index (χ2n) is 6.65. The number of amides is 1. The zero-order valence-electron chi connectivity index (χ0n) is 15.1. The molecule has 5 nitrogen and oxygen atoms in total. The minimum absolute atomic E-state index is 0.162. The number of nitrogens with zero attached hydrogens (tertiary/aromatic N) is 3. The van der Waals surface area contributed by atoms with E-state index in [2.05, 4.69) is 15.5 Å². The first-order chi connectivity index (χ1) is 13.5. The molecule has 1 aliphatic carbocycles. The SMILES string of the molecule is C[C@@H](Sc1nnc(-c2ccccc2F)n1C1CC1)C(=O)Nc1cccc(Cl)c1. The molecule has 1 fully saturated rings. The van der Waals surface area contributed by atoms with Gasteiger partial charge in [0.1, 0.15) is 5.82 Å². The van der Waals surface area contributed by atoms with Gasteiger partial charge in [0, 0.05) is 16.8 Å². The van der Waals surface area contributed by atoms with E-state index in [0.717, 1.165) is 12.8 Å². The van der Waals surface area contributed by atoms with Crippen LogP contribution in [0.2, 0.25) is 5.02 Å². The van der Waals surface area contributed by atoms with E-state index in [1.807, 2.05) is 4.57 Å². The van der Waals surface area contributed by atoms with Crippen LogP contribution in [0.25, 0.3) is 11.4 Å². The lowest BCUT2D eigenvalue weighted by molar-refractivity contribution is -0.115. The predicted molar refractivity (Wildman–Crippen MR) is 109 cm³/mol. The highest BCUT2D eigenvalue weighted by atomic mass is 35.5. The molecule has 1 atom stereocenters. The van der Waals surface area contributed by atoms with E-state index in [1.165, 1.54) is 17.8 Å². The lowest BCUT2D eigenvalue weighted by atomic mass is 10.2. The second-order valence-corrected chi connectivity index (χ2v) is 8.39. The van der Waals surface area contributed by atoms with Gasteiger partial charge in [-0.25, -0.2) is 4.39 Å². The molecule has 0 aliphatic heterocycles. The first-order valence-corrected chi connectivity index (χ1v) is 10.2. The Balaban J connectivity index is 1.55. The molecule has 2 aromatic carbocycles. The normalized spacial score (nSPS) is 14.7. The number of aromatic nitrogens is 3. The van der Waals surface area contributed by atoms with Crippen molar-refractivity contribution in [1.82, 2.24) is 14.8 Å². The van der Waals surface area contributed by atoms with E-state index < -0.39 is 5.25 Å². The third-order valence-corrected chi connectivity index (χ3v) is 5.73. The summed E-state index contributed by atoms with van der Waals surface area (Å²) >= 11 is 7.28.